The smallest absolute Gasteiger partial charge is 0.311 e. The number of hydrogen-bond donors (Lipinski definition) is 1. The molecule has 5 heteroatoms. The number of nitrogens with one attached hydrogen (secondary N) is 1. The zero-order valence-electron chi connectivity index (χ0n) is 12.5. The minimum absolute atomic E-state index is 0.405. The van der Waals surface area contributed by atoms with E-state index >= 15 is 0 Å². The van der Waals surface area contributed by atoms with Crippen molar-refractivity contribution >= 4 is 0 Å². The summed E-state index contributed by atoms with van der Waals surface area (Å²) >= 11 is 0. The Morgan fingerprint density at radius 2 is 1.75 bits per heavy atom. The van der Waals surface area contributed by atoms with Crippen LogP contribution in [0.15, 0.2) is 0 Å². The number of alkyl halides is 3. The van der Waals surface area contributed by atoms with E-state index in [-0.39, 0.29) is 0 Å². The molecule has 2 aliphatic rings. The number of piperidine rings is 1. The standard InChI is InChI=1S/C15H27F3N2/c1-3-12-4-5-14(11(12)2)19-13-6-8-20(9-7-13)10-15(16,17)18/h11-14,19H,3-10H2,1-2H3. The highest BCUT2D eigenvalue weighted by molar-refractivity contribution is 4.90. The Labute approximate surface area is 120 Å². The summed E-state index contributed by atoms with van der Waals surface area (Å²) < 4.78 is 37.0. The van der Waals surface area contributed by atoms with Crippen LogP contribution >= 0.6 is 0 Å². The second kappa shape index (κ2) is 6.65. The average Bonchev–Trinajstić information content (AvgIpc) is 2.71. The molecule has 0 spiro atoms. The van der Waals surface area contributed by atoms with E-state index in [1.165, 1.54) is 24.2 Å². The van der Waals surface area contributed by atoms with Gasteiger partial charge < -0.3 is 5.32 Å². The van der Waals surface area contributed by atoms with Crippen molar-refractivity contribution < 1.29 is 13.2 Å². The monoisotopic (exact) mass is 292 g/mol. The zero-order valence-corrected chi connectivity index (χ0v) is 12.5. The van der Waals surface area contributed by atoms with Crippen molar-refractivity contribution in [1.82, 2.24) is 10.2 Å². The van der Waals surface area contributed by atoms with Gasteiger partial charge in [-0.1, -0.05) is 20.3 Å². The Bertz CT molecular complexity index is 298. The molecule has 0 aromatic rings. The summed E-state index contributed by atoms with van der Waals surface area (Å²) in [4.78, 5) is 1.53. The maximum atomic E-state index is 12.3. The van der Waals surface area contributed by atoms with E-state index in [4.69, 9.17) is 0 Å². The third-order valence-electron chi connectivity index (χ3n) is 5.19. The van der Waals surface area contributed by atoms with E-state index in [0.717, 1.165) is 18.8 Å². The molecule has 0 amide bonds. The Kier molecular flexibility index (Phi) is 5.35. The summed E-state index contributed by atoms with van der Waals surface area (Å²) in [6.07, 6.45) is 1.38. The summed E-state index contributed by atoms with van der Waals surface area (Å²) in [7, 11) is 0. The fraction of sp³-hybridized carbons (Fsp3) is 1.00. The molecule has 20 heavy (non-hydrogen) atoms. The lowest BCUT2D eigenvalue weighted by molar-refractivity contribution is -0.148. The van der Waals surface area contributed by atoms with E-state index in [1.54, 1.807) is 0 Å². The second-order valence-electron chi connectivity index (χ2n) is 6.54. The largest absolute Gasteiger partial charge is 0.401 e. The van der Waals surface area contributed by atoms with E-state index in [9.17, 15) is 13.2 Å². The molecule has 1 aliphatic carbocycles. The second-order valence-corrected chi connectivity index (χ2v) is 6.54. The Hall–Kier alpha value is -0.290. The molecule has 1 saturated heterocycles. The summed E-state index contributed by atoms with van der Waals surface area (Å²) in [6, 6.07) is 0.974. The minimum atomic E-state index is -4.06. The average molecular weight is 292 g/mol. The molecule has 3 atom stereocenters. The fourth-order valence-electron chi connectivity index (χ4n) is 3.87. The van der Waals surface area contributed by atoms with Crippen LogP contribution in [0.25, 0.3) is 0 Å². The van der Waals surface area contributed by atoms with Crippen molar-refractivity contribution in [1.29, 1.82) is 0 Å². The SMILES string of the molecule is CCC1CCC(NC2CCN(CC(F)(F)F)CC2)C1C. The van der Waals surface area contributed by atoms with Gasteiger partial charge in [0.25, 0.3) is 0 Å². The number of halogens is 3. The molecule has 1 aliphatic heterocycles. The normalized spacial score (nSPS) is 33.8. The van der Waals surface area contributed by atoms with Gasteiger partial charge >= 0.3 is 6.18 Å². The summed E-state index contributed by atoms with van der Waals surface area (Å²) in [5.41, 5.74) is 0. The van der Waals surface area contributed by atoms with Gasteiger partial charge in [-0.25, -0.2) is 0 Å². The van der Waals surface area contributed by atoms with Crippen molar-refractivity contribution in [3.63, 3.8) is 0 Å². The van der Waals surface area contributed by atoms with Gasteiger partial charge in [-0.15, -0.1) is 0 Å². The minimum Gasteiger partial charge on any atom is -0.311 e. The van der Waals surface area contributed by atoms with Crippen LogP contribution in [0.2, 0.25) is 0 Å². The summed E-state index contributed by atoms with van der Waals surface area (Å²) in [5.74, 6) is 1.52. The highest BCUT2D eigenvalue weighted by Crippen LogP contribution is 2.34. The number of hydrogen-bond acceptors (Lipinski definition) is 2. The molecular formula is C15H27F3N2. The molecule has 118 valence electrons. The lowest BCUT2D eigenvalue weighted by Crippen LogP contribution is -2.48. The zero-order chi connectivity index (χ0) is 14.8. The Morgan fingerprint density at radius 3 is 2.25 bits per heavy atom. The third kappa shape index (κ3) is 4.35. The van der Waals surface area contributed by atoms with Gasteiger partial charge in [-0.05, 0) is 50.6 Å². The van der Waals surface area contributed by atoms with E-state index < -0.39 is 12.7 Å². The van der Waals surface area contributed by atoms with Gasteiger partial charge in [0.05, 0.1) is 6.54 Å². The van der Waals surface area contributed by atoms with Crippen molar-refractivity contribution in [2.75, 3.05) is 19.6 Å². The predicted molar refractivity (Wildman–Crippen MR) is 74.6 cm³/mol. The first-order valence-electron chi connectivity index (χ1n) is 7.94. The molecular weight excluding hydrogens is 265 g/mol. The van der Waals surface area contributed by atoms with Crippen LogP contribution in [0.3, 0.4) is 0 Å². The first-order valence-corrected chi connectivity index (χ1v) is 7.94. The number of likely N-dealkylation sites (tertiary alicyclic amines) is 1. The van der Waals surface area contributed by atoms with Crippen molar-refractivity contribution in [3.8, 4) is 0 Å². The van der Waals surface area contributed by atoms with Crippen molar-refractivity contribution in [3.05, 3.63) is 0 Å². The molecule has 0 radical (unpaired) electrons. The molecule has 2 fully saturated rings. The Morgan fingerprint density at radius 1 is 1.10 bits per heavy atom. The van der Waals surface area contributed by atoms with Gasteiger partial charge in [-0.3, -0.25) is 4.90 Å². The lowest BCUT2D eigenvalue weighted by Gasteiger charge is -2.35. The van der Waals surface area contributed by atoms with Crippen LogP contribution in [0.5, 0.6) is 0 Å². The lowest BCUT2D eigenvalue weighted by atomic mass is 9.92. The third-order valence-corrected chi connectivity index (χ3v) is 5.19. The molecule has 1 heterocycles. The quantitative estimate of drug-likeness (QED) is 0.854. The molecule has 2 nitrogen and oxygen atoms in total. The molecule has 0 aromatic carbocycles. The fourth-order valence-corrected chi connectivity index (χ4v) is 3.87. The topological polar surface area (TPSA) is 15.3 Å². The Balaban J connectivity index is 1.72. The van der Waals surface area contributed by atoms with Crippen LogP contribution < -0.4 is 5.32 Å². The molecule has 0 bridgehead atoms. The first-order chi connectivity index (χ1) is 9.39. The van der Waals surface area contributed by atoms with Gasteiger partial charge in [0.15, 0.2) is 0 Å². The molecule has 0 aromatic heterocycles. The molecule has 3 unspecified atom stereocenters. The van der Waals surface area contributed by atoms with Gasteiger partial charge in [0, 0.05) is 12.1 Å². The van der Waals surface area contributed by atoms with Crippen LogP contribution in [-0.4, -0.2) is 42.8 Å². The van der Waals surface area contributed by atoms with Crippen LogP contribution in [0.4, 0.5) is 13.2 Å². The van der Waals surface area contributed by atoms with Gasteiger partial charge in [0.1, 0.15) is 0 Å². The highest BCUT2D eigenvalue weighted by atomic mass is 19.4. The predicted octanol–water partition coefficient (Wildman–Crippen LogP) is 3.43. The molecule has 1 saturated carbocycles. The van der Waals surface area contributed by atoms with E-state index in [2.05, 4.69) is 19.2 Å². The van der Waals surface area contributed by atoms with Crippen LogP contribution in [0.1, 0.15) is 46.0 Å². The number of nitrogens with zero attached hydrogens (tertiary/aromatic N) is 1. The van der Waals surface area contributed by atoms with E-state index in [0.29, 0.717) is 31.1 Å². The van der Waals surface area contributed by atoms with Gasteiger partial charge in [-0.2, -0.15) is 13.2 Å². The molecule has 2 rings (SSSR count). The maximum Gasteiger partial charge on any atom is 0.401 e. The maximum absolute atomic E-state index is 12.3. The van der Waals surface area contributed by atoms with Crippen molar-refractivity contribution in [2.24, 2.45) is 11.8 Å². The molecule has 1 N–H and O–H groups in total. The highest BCUT2D eigenvalue weighted by Gasteiger charge is 2.35. The first kappa shape index (κ1) is 16.1. The van der Waals surface area contributed by atoms with Crippen molar-refractivity contribution in [2.45, 2.75) is 64.2 Å². The van der Waals surface area contributed by atoms with E-state index in [1.807, 2.05) is 0 Å². The van der Waals surface area contributed by atoms with Crippen LogP contribution in [0, 0.1) is 11.8 Å². The van der Waals surface area contributed by atoms with Crippen LogP contribution in [-0.2, 0) is 0 Å². The van der Waals surface area contributed by atoms with Gasteiger partial charge in [0.2, 0.25) is 0 Å². The summed E-state index contributed by atoms with van der Waals surface area (Å²) in [5, 5.41) is 3.71. The number of rotatable bonds is 4. The summed E-state index contributed by atoms with van der Waals surface area (Å²) in [6.45, 7) is 4.94.